The molecule has 1 aliphatic carbocycles. The molecule has 4 nitrogen and oxygen atoms in total. The lowest BCUT2D eigenvalue weighted by Crippen LogP contribution is -2.51. The lowest BCUT2D eigenvalue weighted by molar-refractivity contribution is -0.124. The van der Waals surface area contributed by atoms with E-state index in [1.54, 1.807) is 0 Å². The summed E-state index contributed by atoms with van der Waals surface area (Å²) < 4.78 is 0. The van der Waals surface area contributed by atoms with Crippen LogP contribution in [-0.4, -0.2) is 49.1 Å². The molecule has 3 unspecified atom stereocenters. The van der Waals surface area contributed by atoms with Gasteiger partial charge in [-0.1, -0.05) is 26.7 Å². The van der Waals surface area contributed by atoms with Gasteiger partial charge in [0.25, 0.3) is 0 Å². The van der Waals surface area contributed by atoms with Crippen LogP contribution >= 0.6 is 0 Å². The van der Waals surface area contributed by atoms with Crippen molar-refractivity contribution in [3.63, 3.8) is 0 Å². The van der Waals surface area contributed by atoms with E-state index in [9.17, 15) is 4.79 Å². The summed E-state index contributed by atoms with van der Waals surface area (Å²) >= 11 is 0. The Balaban J connectivity index is 1.82. The first kappa shape index (κ1) is 16.8. The standard InChI is InChI=1S/C17H33N3O/c1-3-11-20(15-8-6-10-18-12-15)13-17(21)19-16-9-5-4-7-14(16)2/h14-16,18H,3-13H2,1-2H3,(H,19,21). The van der Waals surface area contributed by atoms with Gasteiger partial charge in [0.05, 0.1) is 6.54 Å². The van der Waals surface area contributed by atoms with E-state index in [0.29, 0.717) is 24.5 Å². The van der Waals surface area contributed by atoms with E-state index < -0.39 is 0 Å². The maximum atomic E-state index is 12.4. The van der Waals surface area contributed by atoms with Crippen molar-refractivity contribution in [1.29, 1.82) is 0 Å². The second-order valence-electron chi connectivity index (χ2n) is 6.91. The molecule has 1 heterocycles. The van der Waals surface area contributed by atoms with E-state index in [0.717, 1.165) is 32.5 Å². The predicted octanol–water partition coefficient (Wildman–Crippen LogP) is 2.15. The number of nitrogens with zero attached hydrogens (tertiary/aromatic N) is 1. The normalized spacial score (nSPS) is 30.3. The maximum absolute atomic E-state index is 12.4. The number of amides is 1. The van der Waals surface area contributed by atoms with Crippen molar-refractivity contribution >= 4 is 5.91 Å². The van der Waals surface area contributed by atoms with Crippen molar-refractivity contribution in [2.75, 3.05) is 26.2 Å². The summed E-state index contributed by atoms with van der Waals surface area (Å²) in [7, 11) is 0. The van der Waals surface area contributed by atoms with Gasteiger partial charge in [0, 0.05) is 18.6 Å². The van der Waals surface area contributed by atoms with E-state index in [2.05, 4.69) is 29.4 Å². The third-order valence-corrected chi connectivity index (χ3v) is 5.10. The molecule has 1 saturated heterocycles. The van der Waals surface area contributed by atoms with Crippen LogP contribution in [0.5, 0.6) is 0 Å². The Morgan fingerprint density at radius 2 is 2.05 bits per heavy atom. The van der Waals surface area contributed by atoms with E-state index in [-0.39, 0.29) is 5.91 Å². The van der Waals surface area contributed by atoms with E-state index in [4.69, 9.17) is 0 Å². The molecule has 0 aromatic heterocycles. The molecule has 0 spiro atoms. The van der Waals surface area contributed by atoms with E-state index in [1.165, 1.54) is 32.1 Å². The second-order valence-corrected chi connectivity index (χ2v) is 6.91. The molecule has 0 aromatic rings. The van der Waals surface area contributed by atoms with Crippen molar-refractivity contribution in [2.45, 2.75) is 70.9 Å². The van der Waals surface area contributed by atoms with Crippen molar-refractivity contribution < 1.29 is 4.79 Å². The molecule has 2 rings (SSSR count). The van der Waals surface area contributed by atoms with Gasteiger partial charge in [0.15, 0.2) is 0 Å². The maximum Gasteiger partial charge on any atom is 0.234 e. The minimum Gasteiger partial charge on any atom is -0.352 e. The first-order valence-electron chi connectivity index (χ1n) is 8.94. The van der Waals surface area contributed by atoms with Crippen molar-refractivity contribution in [2.24, 2.45) is 5.92 Å². The Morgan fingerprint density at radius 3 is 2.71 bits per heavy atom. The van der Waals surface area contributed by atoms with Crippen molar-refractivity contribution in [3.05, 3.63) is 0 Å². The summed E-state index contributed by atoms with van der Waals surface area (Å²) in [6.45, 7) is 8.24. The molecular formula is C17H33N3O. The summed E-state index contributed by atoms with van der Waals surface area (Å²) in [4.78, 5) is 14.8. The molecule has 0 aromatic carbocycles. The average molecular weight is 295 g/mol. The highest BCUT2D eigenvalue weighted by Gasteiger charge is 2.26. The Morgan fingerprint density at radius 1 is 1.24 bits per heavy atom. The summed E-state index contributed by atoms with van der Waals surface area (Å²) in [5.41, 5.74) is 0. The van der Waals surface area contributed by atoms with Crippen LogP contribution in [0.25, 0.3) is 0 Å². The Labute approximate surface area is 130 Å². The SMILES string of the molecule is CCCN(CC(=O)NC1CCCCC1C)C1CCCNC1. The summed E-state index contributed by atoms with van der Waals surface area (Å²) in [5.74, 6) is 0.867. The summed E-state index contributed by atoms with van der Waals surface area (Å²) in [6.07, 6.45) is 8.57. The fraction of sp³-hybridized carbons (Fsp3) is 0.941. The zero-order chi connectivity index (χ0) is 15.1. The number of carbonyl (C=O) groups is 1. The van der Waals surface area contributed by atoms with Gasteiger partial charge in [-0.05, 0) is 51.1 Å². The van der Waals surface area contributed by atoms with Crippen LogP contribution in [0.4, 0.5) is 0 Å². The van der Waals surface area contributed by atoms with Crippen molar-refractivity contribution in [3.8, 4) is 0 Å². The monoisotopic (exact) mass is 295 g/mol. The highest BCUT2D eigenvalue weighted by Crippen LogP contribution is 2.23. The third kappa shape index (κ3) is 5.26. The van der Waals surface area contributed by atoms with Gasteiger partial charge >= 0.3 is 0 Å². The Bertz CT molecular complexity index is 315. The van der Waals surface area contributed by atoms with E-state index in [1.807, 2.05) is 0 Å². The molecule has 2 fully saturated rings. The fourth-order valence-corrected chi connectivity index (χ4v) is 3.79. The van der Waals surface area contributed by atoms with Gasteiger partial charge in [0.1, 0.15) is 0 Å². The van der Waals surface area contributed by atoms with Gasteiger partial charge < -0.3 is 10.6 Å². The van der Waals surface area contributed by atoms with Crippen LogP contribution in [-0.2, 0) is 4.79 Å². The molecule has 4 heteroatoms. The smallest absolute Gasteiger partial charge is 0.234 e. The minimum absolute atomic E-state index is 0.229. The molecule has 3 atom stereocenters. The molecule has 0 bridgehead atoms. The third-order valence-electron chi connectivity index (χ3n) is 5.10. The molecular weight excluding hydrogens is 262 g/mol. The molecule has 122 valence electrons. The first-order valence-corrected chi connectivity index (χ1v) is 8.94. The highest BCUT2D eigenvalue weighted by molar-refractivity contribution is 5.78. The van der Waals surface area contributed by atoms with Gasteiger partial charge in [-0.2, -0.15) is 0 Å². The molecule has 0 radical (unpaired) electrons. The van der Waals surface area contributed by atoms with Crippen molar-refractivity contribution in [1.82, 2.24) is 15.5 Å². The quantitative estimate of drug-likeness (QED) is 0.789. The van der Waals surface area contributed by atoms with Gasteiger partial charge in [-0.15, -0.1) is 0 Å². The first-order chi connectivity index (χ1) is 10.2. The second kappa shape index (κ2) is 8.74. The highest BCUT2D eigenvalue weighted by atomic mass is 16.2. The van der Waals surface area contributed by atoms with Gasteiger partial charge in [-0.25, -0.2) is 0 Å². The zero-order valence-electron chi connectivity index (χ0n) is 13.9. The fourth-order valence-electron chi connectivity index (χ4n) is 3.79. The summed E-state index contributed by atoms with van der Waals surface area (Å²) in [6, 6.07) is 0.937. The topological polar surface area (TPSA) is 44.4 Å². The summed E-state index contributed by atoms with van der Waals surface area (Å²) in [5, 5.41) is 6.76. The zero-order valence-corrected chi connectivity index (χ0v) is 13.9. The lowest BCUT2D eigenvalue weighted by Gasteiger charge is -2.35. The molecule has 2 aliphatic rings. The minimum atomic E-state index is 0.229. The molecule has 1 amide bonds. The predicted molar refractivity (Wildman–Crippen MR) is 87.3 cm³/mol. The van der Waals surface area contributed by atoms with E-state index >= 15 is 0 Å². The van der Waals surface area contributed by atoms with Crippen LogP contribution in [0, 0.1) is 5.92 Å². The van der Waals surface area contributed by atoms with Gasteiger partial charge in [-0.3, -0.25) is 9.69 Å². The Hall–Kier alpha value is -0.610. The molecule has 1 saturated carbocycles. The largest absolute Gasteiger partial charge is 0.352 e. The van der Waals surface area contributed by atoms with Crippen LogP contribution < -0.4 is 10.6 Å². The van der Waals surface area contributed by atoms with Crippen LogP contribution in [0.2, 0.25) is 0 Å². The number of hydrogen-bond donors (Lipinski definition) is 2. The number of nitrogens with one attached hydrogen (secondary N) is 2. The lowest BCUT2D eigenvalue weighted by atomic mass is 9.86. The van der Waals surface area contributed by atoms with Crippen LogP contribution in [0.15, 0.2) is 0 Å². The van der Waals surface area contributed by atoms with Crippen LogP contribution in [0.1, 0.15) is 58.8 Å². The van der Waals surface area contributed by atoms with Gasteiger partial charge in [0.2, 0.25) is 5.91 Å². The number of hydrogen-bond acceptors (Lipinski definition) is 3. The Kier molecular flexibility index (Phi) is 6.97. The molecule has 1 aliphatic heterocycles. The number of carbonyl (C=O) groups excluding carboxylic acids is 1. The average Bonchev–Trinajstić information content (AvgIpc) is 2.50. The van der Waals surface area contributed by atoms with Crippen LogP contribution in [0.3, 0.4) is 0 Å². The number of rotatable bonds is 6. The molecule has 21 heavy (non-hydrogen) atoms. The molecule has 2 N–H and O–H groups in total. The number of piperidine rings is 1.